The van der Waals surface area contributed by atoms with Gasteiger partial charge < -0.3 is 15.5 Å². The third-order valence-electron chi connectivity index (χ3n) is 3.43. The smallest absolute Gasteiger partial charge is 0.273 e. The molecule has 0 spiro atoms. The van der Waals surface area contributed by atoms with Crippen molar-refractivity contribution in [2.24, 2.45) is 11.7 Å². The zero-order chi connectivity index (χ0) is 14.9. The monoisotopic (exact) mass is 301 g/mol. The number of amides is 1. The normalized spacial score (nSPS) is 16.9. The van der Waals surface area contributed by atoms with E-state index in [1.807, 2.05) is 0 Å². The van der Waals surface area contributed by atoms with E-state index in [-0.39, 0.29) is 28.4 Å². The van der Waals surface area contributed by atoms with Gasteiger partial charge in [-0.05, 0) is 32.7 Å². The molecule has 1 aromatic rings. The molecule has 2 rings (SSSR count). The molecule has 1 amide bonds. The molecule has 1 heterocycles. The SMILES string of the molecule is CNS(=O)(=O)c1cc(C(=O)NC(CN)C2CC2)c(C)o1. The Morgan fingerprint density at radius 3 is 2.70 bits per heavy atom. The largest absolute Gasteiger partial charge is 0.448 e. The van der Waals surface area contributed by atoms with E-state index in [0.717, 1.165) is 12.8 Å². The van der Waals surface area contributed by atoms with Gasteiger partial charge in [0, 0.05) is 18.7 Å². The van der Waals surface area contributed by atoms with Gasteiger partial charge in [0.05, 0.1) is 5.56 Å². The highest BCUT2D eigenvalue weighted by Gasteiger charge is 2.32. The maximum absolute atomic E-state index is 12.2. The highest BCUT2D eigenvalue weighted by atomic mass is 32.2. The fourth-order valence-electron chi connectivity index (χ4n) is 2.03. The Bertz CT molecular complexity index is 604. The molecule has 4 N–H and O–H groups in total. The van der Waals surface area contributed by atoms with Gasteiger partial charge >= 0.3 is 0 Å². The second-order valence-electron chi connectivity index (χ2n) is 4.90. The topological polar surface area (TPSA) is 114 Å². The van der Waals surface area contributed by atoms with Crippen LogP contribution in [-0.4, -0.2) is 34.0 Å². The zero-order valence-electron chi connectivity index (χ0n) is 11.5. The van der Waals surface area contributed by atoms with Crippen LogP contribution >= 0.6 is 0 Å². The van der Waals surface area contributed by atoms with Crippen LogP contribution in [0.5, 0.6) is 0 Å². The summed E-state index contributed by atoms with van der Waals surface area (Å²) in [7, 11) is -2.41. The number of hydrogen-bond donors (Lipinski definition) is 3. The van der Waals surface area contributed by atoms with Gasteiger partial charge in [-0.1, -0.05) is 0 Å². The molecule has 112 valence electrons. The molecule has 8 heteroatoms. The van der Waals surface area contributed by atoms with Crippen molar-refractivity contribution in [1.82, 2.24) is 10.0 Å². The highest BCUT2D eigenvalue weighted by molar-refractivity contribution is 7.89. The molecule has 1 unspecified atom stereocenters. The summed E-state index contributed by atoms with van der Waals surface area (Å²) in [6, 6.07) is 1.16. The van der Waals surface area contributed by atoms with Crippen molar-refractivity contribution in [1.29, 1.82) is 0 Å². The molecule has 1 aliphatic carbocycles. The highest BCUT2D eigenvalue weighted by Crippen LogP contribution is 2.32. The standard InChI is InChI=1S/C12H19N3O4S/c1-7-9(5-11(19-7)20(17,18)14-2)12(16)15-10(6-13)8-3-4-8/h5,8,10,14H,3-4,6,13H2,1-2H3,(H,15,16). The van der Waals surface area contributed by atoms with Crippen molar-refractivity contribution in [3.05, 3.63) is 17.4 Å². The van der Waals surface area contributed by atoms with Gasteiger partial charge in [0.25, 0.3) is 15.9 Å². The van der Waals surface area contributed by atoms with Crippen LogP contribution < -0.4 is 15.8 Å². The van der Waals surface area contributed by atoms with Gasteiger partial charge in [0.15, 0.2) is 0 Å². The van der Waals surface area contributed by atoms with Crippen molar-refractivity contribution >= 4 is 15.9 Å². The van der Waals surface area contributed by atoms with Crippen LogP contribution in [0, 0.1) is 12.8 Å². The van der Waals surface area contributed by atoms with Crippen molar-refractivity contribution in [3.63, 3.8) is 0 Å². The van der Waals surface area contributed by atoms with Gasteiger partial charge in [0.2, 0.25) is 5.09 Å². The summed E-state index contributed by atoms with van der Waals surface area (Å²) in [4.78, 5) is 12.2. The zero-order valence-corrected chi connectivity index (χ0v) is 12.3. The van der Waals surface area contributed by atoms with Crippen molar-refractivity contribution in [2.45, 2.75) is 30.9 Å². The Morgan fingerprint density at radius 2 is 2.20 bits per heavy atom. The molecule has 0 radical (unpaired) electrons. The first-order valence-corrected chi connectivity index (χ1v) is 7.92. The minimum absolute atomic E-state index is 0.0684. The number of nitrogens with two attached hydrogens (primary N) is 1. The summed E-state index contributed by atoms with van der Waals surface area (Å²) in [6.07, 6.45) is 2.12. The number of sulfonamides is 1. The van der Waals surface area contributed by atoms with E-state index in [2.05, 4.69) is 10.0 Å². The maximum Gasteiger partial charge on any atom is 0.273 e. The predicted octanol–water partition coefficient (Wildman–Crippen LogP) is -0.0368. The summed E-state index contributed by atoms with van der Waals surface area (Å²) < 4.78 is 30.5. The number of aryl methyl sites for hydroxylation is 1. The Morgan fingerprint density at radius 1 is 1.55 bits per heavy atom. The van der Waals surface area contributed by atoms with E-state index >= 15 is 0 Å². The van der Waals surface area contributed by atoms with Gasteiger partial charge in [-0.3, -0.25) is 4.79 Å². The number of nitrogens with one attached hydrogen (secondary N) is 2. The summed E-state index contributed by atoms with van der Waals surface area (Å²) in [5.41, 5.74) is 5.85. The average Bonchev–Trinajstić information content (AvgIpc) is 3.17. The van der Waals surface area contributed by atoms with Gasteiger partial charge in [-0.2, -0.15) is 0 Å². The number of rotatable bonds is 6. The van der Waals surface area contributed by atoms with Crippen LogP contribution in [0.2, 0.25) is 0 Å². The molecule has 0 bridgehead atoms. The molecule has 1 atom stereocenters. The van der Waals surface area contributed by atoms with Crippen LogP contribution in [0.1, 0.15) is 29.0 Å². The first-order chi connectivity index (χ1) is 9.39. The number of hydrogen-bond acceptors (Lipinski definition) is 5. The van der Waals surface area contributed by atoms with E-state index in [0.29, 0.717) is 12.5 Å². The molecule has 0 saturated heterocycles. The lowest BCUT2D eigenvalue weighted by Crippen LogP contribution is -2.41. The lowest BCUT2D eigenvalue weighted by Gasteiger charge is -2.15. The predicted molar refractivity (Wildman–Crippen MR) is 72.7 cm³/mol. The summed E-state index contributed by atoms with van der Waals surface area (Å²) in [6.45, 7) is 1.92. The third kappa shape index (κ3) is 3.02. The number of furan rings is 1. The summed E-state index contributed by atoms with van der Waals surface area (Å²) in [5.74, 6) is 0.339. The van der Waals surface area contributed by atoms with E-state index in [9.17, 15) is 13.2 Å². The maximum atomic E-state index is 12.2. The Labute approximate surface area is 118 Å². The number of carbonyl (C=O) groups is 1. The van der Waals surface area contributed by atoms with Gasteiger partial charge in [-0.25, -0.2) is 13.1 Å². The Balaban J connectivity index is 2.18. The first-order valence-electron chi connectivity index (χ1n) is 6.44. The fraction of sp³-hybridized carbons (Fsp3) is 0.583. The summed E-state index contributed by atoms with van der Waals surface area (Å²) in [5, 5.41) is 2.56. The van der Waals surface area contributed by atoms with Gasteiger partial charge in [-0.15, -0.1) is 0 Å². The van der Waals surface area contributed by atoms with Crippen LogP contribution in [-0.2, 0) is 10.0 Å². The lowest BCUT2D eigenvalue weighted by molar-refractivity contribution is 0.0932. The minimum atomic E-state index is -3.69. The molecule has 1 saturated carbocycles. The lowest BCUT2D eigenvalue weighted by atomic mass is 10.1. The first kappa shape index (κ1) is 15.0. The van der Waals surface area contributed by atoms with Crippen molar-refractivity contribution < 1.29 is 17.6 Å². The van der Waals surface area contributed by atoms with E-state index in [1.54, 1.807) is 6.92 Å². The molecule has 0 aliphatic heterocycles. The molecule has 1 fully saturated rings. The Hall–Kier alpha value is -1.38. The molecule has 20 heavy (non-hydrogen) atoms. The van der Waals surface area contributed by atoms with Crippen molar-refractivity contribution in [3.8, 4) is 0 Å². The average molecular weight is 301 g/mol. The molecule has 7 nitrogen and oxygen atoms in total. The molecular formula is C12H19N3O4S. The second-order valence-corrected chi connectivity index (χ2v) is 6.71. The van der Waals surface area contributed by atoms with E-state index in [4.69, 9.17) is 10.2 Å². The molecular weight excluding hydrogens is 282 g/mol. The molecule has 0 aromatic carbocycles. The fourth-order valence-corrected chi connectivity index (χ4v) is 2.74. The van der Waals surface area contributed by atoms with Gasteiger partial charge in [0.1, 0.15) is 5.76 Å². The van der Waals surface area contributed by atoms with Crippen LogP contribution in [0.3, 0.4) is 0 Å². The van der Waals surface area contributed by atoms with Crippen molar-refractivity contribution in [2.75, 3.05) is 13.6 Å². The molecule has 1 aromatic heterocycles. The van der Waals surface area contributed by atoms with Crippen LogP contribution in [0.4, 0.5) is 0 Å². The summed E-state index contributed by atoms with van der Waals surface area (Å²) >= 11 is 0. The number of carbonyl (C=O) groups excluding carboxylic acids is 1. The quantitative estimate of drug-likeness (QED) is 0.682. The second kappa shape index (κ2) is 5.55. The van der Waals surface area contributed by atoms with Crippen LogP contribution in [0.15, 0.2) is 15.6 Å². The minimum Gasteiger partial charge on any atom is -0.448 e. The van der Waals surface area contributed by atoms with E-state index in [1.165, 1.54) is 13.1 Å². The van der Waals surface area contributed by atoms with Crippen LogP contribution in [0.25, 0.3) is 0 Å². The Kier molecular flexibility index (Phi) is 4.17. The van der Waals surface area contributed by atoms with E-state index < -0.39 is 10.0 Å². The third-order valence-corrected chi connectivity index (χ3v) is 4.70. The molecule has 1 aliphatic rings.